The first kappa shape index (κ1) is 14.8. The van der Waals surface area contributed by atoms with Crippen molar-refractivity contribution in [2.75, 3.05) is 19.8 Å². The van der Waals surface area contributed by atoms with Gasteiger partial charge >= 0.3 is 0 Å². The standard InChI is InChI=1S/C15H28N2O2/c1-10-13(16)5-4-12(15(10,2)3)14(18)17-8-11-6-7-19-9-11/h10-13H,4-9,16H2,1-3H3,(H,17,18). The number of amides is 1. The molecule has 4 nitrogen and oxygen atoms in total. The van der Waals surface area contributed by atoms with Crippen LogP contribution >= 0.6 is 0 Å². The number of rotatable bonds is 3. The van der Waals surface area contributed by atoms with Gasteiger partial charge in [0.15, 0.2) is 0 Å². The summed E-state index contributed by atoms with van der Waals surface area (Å²) in [4.78, 5) is 12.4. The van der Waals surface area contributed by atoms with E-state index in [1.54, 1.807) is 0 Å². The lowest BCUT2D eigenvalue weighted by molar-refractivity contribution is -0.132. The first-order chi connectivity index (χ1) is 8.93. The van der Waals surface area contributed by atoms with E-state index in [9.17, 15) is 4.79 Å². The molecule has 19 heavy (non-hydrogen) atoms. The maximum absolute atomic E-state index is 12.4. The van der Waals surface area contributed by atoms with Crippen molar-refractivity contribution in [2.45, 2.75) is 46.1 Å². The highest BCUT2D eigenvalue weighted by molar-refractivity contribution is 5.79. The van der Waals surface area contributed by atoms with Crippen LogP contribution < -0.4 is 11.1 Å². The lowest BCUT2D eigenvalue weighted by Gasteiger charge is -2.46. The summed E-state index contributed by atoms with van der Waals surface area (Å²) in [5.74, 6) is 1.17. The van der Waals surface area contributed by atoms with Crippen LogP contribution in [0.1, 0.15) is 40.0 Å². The zero-order chi connectivity index (χ0) is 14.0. The van der Waals surface area contributed by atoms with Crippen LogP contribution in [0.15, 0.2) is 0 Å². The fourth-order valence-corrected chi connectivity index (χ4v) is 3.43. The number of nitrogens with two attached hydrogens (primary N) is 1. The number of hydrogen-bond donors (Lipinski definition) is 2. The molecule has 1 saturated heterocycles. The molecule has 1 amide bonds. The van der Waals surface area contributed by atoms with Gasteiger partial charge in [0, 0.05) is 31.0 Å². The zero-order valence-electron chi connectivity index (χ0n) is 12.4. The van der Waals surface area contributed by atoms with Crippen LogP contribution in [0.3, 0.4) is 0 Å². The molecule has 0 spiro atoms. The largest absolute Gasteiger partial charge is 0.381 e. The quantitative estimate of drug-likeness (QED) is 0.816. The van der Waals surface area contributed by atoms with E-state index in [1.807, 2.05) is 0 Å². The lowest BCUT2D eigenvalue weighted by atomic mass is 9.61. The third-order valence-corrected chi connectivity index (χ3v) is 5.41. The molecule has 110 valence electrons. The lowest BCUT2D eigenvalue weighted by Crippen LogP contribution is -2.52. The highest BCUT2D eigenvalue weighted by Crippen LogP contribution is 2.44. The van der Waals surface area contributed by atoms with Gasteiger partial charge in [-0.2, -0.15) is 0 Å². The summed E-state index contributed by atoms with van der Waals surface area (Å²) in [6.45, 7) is 8.91. The van der Waals surface area contributed by atoms with E-state index in [4.69, 9.17) is 10.5 Å². The molecule has 1 aliphatic heterocycles. The number of carbonyl (C=O) groups is 1. The molecule has 0 radical (unpaired) electrons. The van der Waals surface area contributed by atoms with Gasteiger partial charge in [-0.05, 0) is 30.6 Å². The zero-order valence-corrected chi connectivity index (χ0v) is 12.4. The minimum absolute atomic E-state index is 0.0199. The highest BCUT2D eigenvalue weighted by atomic mass is 16.5. The molecule has 3 N–H and O–H groups in total. The van der Waals surface area contributed by atoms with Crippen LogP contribution in [-0.2, 0) is 9.53 Å². The molecule has 2 rings (SSSR count). The van der Waals surface area contributed by atoms with Gasteiger partial charge < -0.3 is 15.8 Å². The molecule has 4 atom stereocenters. The van der Waals surface area contributed by atoms with Crippen molar-refractivity contribution in [3.63, 3.8) is 0 Å². The van der Waals surface area contributed by atoms with E-state index in [2.05, 4.69) is 26.1 Å². The van der Waals surface area contributed by atoms with E-state index in [1.165, 1.54) is 0 Å². The summed E-state index contributed by atoms with van der Waals surface area (Å²) in [5, 5.41) is 3.13. The van der Waals surface area contributed by atoms with Crippen molar-refractivity contribution in [1.29, 1.82) is 0 Å². The Morgan fingerprint density at radius 3 is 2.74 bits per heavy atom. The van der Waals surface area contributed by atoms with E-state index < -0.39 is 0 Å². The van der Waals surface area contributed by atoms with Gasteiger partial charge in [0.1, 0.15) is 0 Å². The minimum Gasteiger partial charge on any atom is -0.381 e. The summed E-state index contributed by atoms with van der Waals surface area (Å²) in [5.41, 5.74) is 6.12. The predicted octanol–water partition coefficient (Wildman–Crippen LogP) is 1.54. The molecule has 1 heterocycles. The van der Waals surface area contributed by atoms with Crippen molar-refractivity contribution in [3.8, 4) is 0 Å². The molecular formula is C15H28N2O2. The molecule has 2 aliphatic rings. The van der Waals surface area contributed by atoms with Crippen molar-refractivity contribution in [1.82, 2.24) is 5.32 Å². The normalized spacial score (nSPS) is 38.1. The Kier molecular flexibility index (Phi) is 4.51. The Morgan fingerprint density at radius 1 is 1.37 bits per heavy atom. The number of hydrogen-bond acceptors (Lipinski definition) is 3. The molecule has 4 heteroatoms. The van der Waals surface area contributed by atoms with Crippen molar-refractivity contribution in [3.05, 3.63) is 0 Å². The molecule has 4 unspecified atom stereocenters. The summed E-state index contributed by atoms with van der Waals surface area (Å²) in [6.07, 6.45) is 2.93. The number of nitrogens with one attached hydrogen (secondary N) is 1. The summed E-state index contributed by atoms with van der Waals surface area (Å²) in [6, 6.07) is 0.224. The van der Waals surface area contributed by atoms with Crippen LogP contribution in [0.4, 0.5) is 0 Å². The Hall–Kier alpha value is -0.610. The third kappa shape index (κ3) is 3.11. The maximum atomic E-state index is 12.4. The Labute approximate surface area is 116 Å². The van der Waals surface area contributed by atoms with Crippen molar-refractivity contribution < 1.29 is 9.53 Å². The molecule has 2 fully saturated rings. The molecule has 0 aromatic heterocycles. The van der Waals surface area contributed by atoms with E-state index in [0.717, 1.165) is 39.0 Å². The second-order valence-corrected chi connectivity index (χ2v) is 6.88. The van der Waals surface area contributed by atoms with Gasteiger partial charge in [-0.3, -0.25) is 4.79 Å². The molecular weight excluding hydrogens is 240 g/mol. The molecule has 0 bridgehead atoms. The van der Waals surface area contributed by atoms with E-state index in [0.29, 0.717) is 11.8 Å². The molecule has 0 aromatic rings. The Balaban J connectivity index is 1.90. The average molecular weight is 268 g/mol. The van der Waals surface area contributed by atoms with Crippen molar-refractivity contribution in [2.24, 2.45) is 28.9 Å². The summed E-state index contributed by atoms with van der Waals surface area (Å²) < 4.78 is 5.34. The highest BCUT2D eigenvalue weighted by Gasteiger charge is 2.44. The van der Waals surface area contributed by atoms with Crippen LogP contribution in [0.2, 0.25) is 0 Å². The Morgan fingerprint density at radius 2 is 2.11 bits per heavy atom. The third-order valence-electron chi connectivity index (χ3n) is 5.41. The van der Waals surface area contributed by atoms with E-state index >= 15 is 0 Å². The van der Waals surface area contributed by atoms with Gasteiger partial charge in [0.2, 0.25) is 5.91 Å². The molecule has 1 saturated carbocycles. The minimum atomic E-state index is -0.0199. The summed E-state index contributed by atoms with van der Waals surface area (Å²) >= 11 is 0. The van der Waals surface area contributed by atoms with E-state index in [-0.39, 0.29) is 23.3 Å². The van der Waals surface area contributed by atoms with Gasteiger partial charge in [-0.25, -0.2) is 0 Å². The Bertz CT molecular complexity index is 324. The molecule has 1 aliphatic carbocycles. The second kappa shape index (κ2) is 5.80. The SMILES string of the molecule is CC1C(N)CCC(C(=O)NCC2CCOC2)C1(C)C. The first-order valence-electron chi connectivity index (χ1n) is 7.54. The second-order valence-electron chi connectivity index (χ2n) is 6.88. The fourth-order valence-electron chi connectivity index (χ4n) is 3.43. The number of ether oxygens (including phenoxy) is 1. The smallest absolute Gasteiger partial charge is 0.223 e. The van der Waals surface area contributed by atoms with Gasteiger partial charge in [0.05, 0.1) is 6.61 Å². The predicted molar refractivity (Wildman–Crippen MR) is 75.6 cm³/mol. The van der Waals surface area contributed by atoms with Gasteiger partial charge in [0.25, 0.3) is 0 Å². The first-order valence-corrected chi connectivity index (χ1v) is 7.54. The summed E-state index contributed by atoms with van der Waals surface area (Å²) in [7, 11) is 0. The van der Waals surface area contributed by atoms with Crippen LogP contribution in [-0.4, -0.2) is 31.7 Å². The van der Waals surface area contributed by atoms with Crippen LogP contribution in [0.25, 0.3) is 0 Å². The van der Waals surface area contributed by atoms with Gasteiger partial charge in [-0.15, -0.1) is 0 Å². The topological polar surface area (TPSA) is 64.4 Å². The molecule has 0 aromatic carbocycles. The van der Waals surface area contributed by atoms with Crippen LogP contribution in [0.5, 0.6) is 0 Å². The number of carbonyl (C=O) groups excluding carboxylic acids is 1. The van der Waals surface area contributed by atoms with Gasteiger partial charge in [-0.1, -0.05) is 20.8 Å². The van der Waals surface area contributed by atoms with Crippen molar-refractivity contribution >= 4 is 5.91 Å². The fraction of sp³-hybridized carbons (Fsp3) is 0.933. The average Bonchev–Trinajstić information content (AvgIpc) is 2.86. The maximum Gasteiger partial charge on any atom is 0.223 e. The van der Waals surface area contributed by atoms with Crippen LogP contribution in [0, 0.1) is 23.2 Å². The monoisotopic (exact) mass is 268 g/mol.